The first kappa shape index (κ1) is 13.6. The molecule has 2 aromatic carbocycles. The van der Waals surface area contributed by atoms with Gasteiger partial charge in [0, 0.05) is 27.4 Å². The lowest BCUT2D eigenvalue weighted by atomic mass is 9.95. The van der Waals surface area contributed by atoms with Crippen molar-refractivity contribution in [3.8, 4) is 0 Å². The van der Waals surface area contributed by atoms with E-state index in [1.165, 1.54) is 0 Å². The predicted molar refractivity (Wildman–Crippen MR) is 85.3 cm³/mol. The van der Waals surface area contributed by atoms with Gasteiger partial charge in [0.25, 0.3) is 0 Å². The SMILES string of the molecule is CCc1cc(C=O)c(CC)c2c1[nH]c1ccc(C=O)cc12. The number of aromatic nitrogens is 1. The van der Waals surface area contributed by atoms with E-state index in [1.54, 1.807) is 0 Å². The normalized spacial score (nSPS) is 11.1. The van der Waals surface area contributed by atoms with E-state index in [-0.39, 0.29) is 0 Å². The number of fused-ring (bicyclic) bond motifs is 3. The number of hydrogen-bond acceptors (Lipinski definition) is 2. The van der Waals surface area contributed by atoms with E-state index in [0.717, 1.165) is 63.9 Å². The largest absolute Gasteiger partial charge is 0.354 e. The van der Waals surface area contributed by atoms with E-state index >= 15 is 0 Å². The summed E-state index contributed by atoms with van der Waals surface area (Å²) in [5.74, 6) is 0. The molecule has 3 rings (SSSR count). The van der Waals surface area contributed by atoms with Crippen molar-refractivity contribution in [2.75, 3.05) is 0 Å². The number of aryl methyl sites for hydroxylation is 2. The number of aromatic amines is 1. The maximum atomic E-state index is 11.4. The van der Waals surface area contributed by atoms with Gasteiger partial charge in [-0.2, -0.15) is 0 Å². The minimum Gasteiger partial charge on any atom is -0.354 e. The smallest absolute Gasteiger partial charge is 0.150 e. The van der Waals surface area contributed by atoms with Crippen molar-refractivity contribution >= 4 is 34.4 Å². The highest BCUT2D eigenvalue weighted by Gasteiger charge is 2.15. The molecule has 0 saturated heterocycles. The van der Waals surface area contributed by atoms with E-state index in [2.05, 4.69) is 18.8 Å². The zero-order valence-electron chi connectivity index (χ0n) is 12.2. The molecule has 0 aliphatic rings. The van der Waals surface area contributed by atoms with Gasteiger partial charge in [-0.1, -0.05) is 13.8 Å². The van der Waals surface area contributed by atoms with Crippen LogP contribution in [0.5, 0.6) is 0 Å². The number of benzene rings is 2. The van der Waals surface area contributed by atoms with E-state index < -0.39 is 0 Å². The number of aldehydes is 2. The molecule has 0 atom stereocenters. The predicted octanol–water partition coefficient (Wildman–Crippen LogP) is 4.07. The summed E-state index contributed by atoms with van der Waals surface area (Å²) in [5.41, 5.74) is 5.67. The van der Waals surface area contributed by atoms with Crippen molar-refractivity contribution in [3.63, 3.8) is 0 Å². The van der Waals surface area contributed by atoms with Gasteiger partial charge in [-0.05, 0) is 48.2 Å². The van der Waals surface area contributed by atoms with Gasteiger partial charge in [-0.25, -0.2) is 0 Å². The summed E-state index contributed by atoms with van der Waals surface area (Å²) in [7, 11) is 0. The number of carbonyl (C=O) groups excluding carboxylic acids is 2. The topological polar surface area (TPSA) is 49.9 Å². The maximum absolute atomic E-state index is 11.4. The summed E-state index contributed by atoms with van der Waals surface area (Å²) in [6.07, 6.45) is 3.43. The summed E-state index contributed by atoms with van der Waals surface area (Å²) in [5, 5.41) is 2.10. The molecule has 0 amide bonds. The summed E-state index contributed by atoms with van der Waals surface area (Å²) in [4.78, 5) is 25.9. The highest BCUT2D eigenvalue weighted by atomic mass is 16.1. The minimum absolute atomic E-state index is 0.653. The van der Waals surface area contributed by atoms with Crippen molar-refractivity contribution in [1.82, 2.24) is 4.98 Å². The van der Waals surface area contributed by atoms with Gasteiger partial charge in [0.1, 0.15) is 12.6 Å². The number of H-pyrrole nitrogens is 1. The highest BCUT2D eigenvalue weighted by Crippen LogP contribution is 2.33. The summed E-state index contributed by atoms with van der Waals surface area (Å²) < 4.78 is 0. The molecular weight excluding hydrogens is 262 g/mol. The van der Waals surface area contributed by atoms with E-state index in [4.69, 9.17) is 0 Å². The molecule has 0 saturated carbocycles. The first-order chi connectivity index (χ1) is 10.2. The Balaban J connectivity index is 2.55. The Bertz CT molecular complexity index is 859. The molecule has 21 heavy (non-hydrogen) atoms. The number of carbonyl (C=O) groups is 2. The van der Waals surface area contributed by atoms with E-state index in [9.17, 15) is 9.59 Å². The molecule has 106 valence electrons. The van der Waals surface area contributed by atoms with Crippen LogP contribution in [0.25, 0.3) is 21.8 Å². The lowest BCUT2D eigenvalue weighted by Gasteiger charge is -2.09. The van der Waals surface area contributed by atoms with Gasteiger partial charge in [-0.15, -0.1) is 0 Å². The van der Waals surface area contributed by atoms with Gasteiger partial charge in [-0.3, -0.25) is 9.59 Å². The zero-order chi connectivity index (χ0) is 15.0. The monoisotopic (exact) mass is 279 g/mol. The molecule has 1 heterocycles. The summed E-state index contributed by atoms with van der Waals surface area (Å²) in [6, 6.07) is 7.61. The second-order valence-electron chi connectivity index (χ2n) is 5.23. The molecule has 0 fully saturated rings. The Morgan fingerprint density at radius 1 is 1.05 bits per heavy atom. The molecule has 0 spiro atoms. The van der Waals surface area contributed by atoms with Crippen LogP contribution >= 0.6 is 0 Å². The van der Waals surface area contributed by atoms with Crippen LogP contribution in [-0.4, -0.2) is 17.6 Å². The second-order valence-corrected chi connectivity index (χ2v) is 5.23. The second kappa shape index (κ2) is 5.17. The van der Waals surface area contributed by atoms with Crippen LogP contribution in [0.15, 0.2) is 24.3 Å². The molecule has 0 aliphatic heterocycles. The van der Waals surface area contributed by atoms with Gasteiger partial charge in [0.05, 0.1) is 5.52 Å². The third-order valence-electron chi connectivity index (χ3n) is 4.12. The van der Waals surface area contributed by atoms with Crippen molar-refractivity contribution < 1.29 is 9.59 Å². The molecule has 3 nitrogen and oxygen atoms in total. The van der Waals surface area contributed by atoms with Crippen LogP contribution in [0.4, 0.5) is 0 Å². The van der Waals surface area contributed by atoms with E-state index in [0.29, 0.717) is 5.56 Å². The average Bonchev–Trinajstić information content (AvgIpc) is 2.91. The molecule has 3 heteroatoms. The molecule has 0 bridgehead atoms. The van der Waals surface area contributed by atoms with Crippen LogP contribution in [-0.2, 0) is 12.8 Å². The van der Waals surface area contributed by atoms with Gasteiger partial charge in [0.15, 0.2) is 0 Å². The molecule has 0 unspecified atom stereocenters. The zero-order valence-corrected chi connectivity index (χ0v) is 12.2. The Morgan fingerprint density at radius 3 is 2.48 bits per heavy atom. The molecule has 3 aromatic rings. The fraction of sp³-hybridized carbons (Fsp3) is 0.222. The third kappa shape index (κ3) is 1.97. The van der Waals surface area contributed by atoms with Crippen LogP contribution in [0.1, 0.15) is 45.7 Å². The van der Waals surface area contributed by atoms with Crippen LogP contribution < -0.4 is 0 Å². The number of rotatable bonds is 4. The van der Waals surface area contributed by atoms with Crippen molar-refractivity contribution in [2.45, 2.75) is 26.7 Å². The Labute approximate surface area is 123 Å². The average molecular weight is 279 g/mol. The highest BCUT2D eigenvalue weighted by molar-refractivity contribution is 6.12. The van der Waals surface area contributed by atoms with Crippen LogP contribution in [0.3, 0.4) is 0 Å². The minimum atomic E-state index is 0.653. The standard InChI is InChI=1S/C18H17NO2/c1-3-12-8-13(10-21)14(4-2)17-15-7-11(9-20)5-6-16(15)19-18(12)17/h5-10,19H,3-4H2,1-2H3. The molecule has 1 N–H and O–H groups in total. The van der Waals surface area contributed by atoms with Crippen molar-refractivity contribution in [3.05, 3.63) is 46.5 Å². The summed E-state index contributed by atoms with van der Waals surface area (Å²) >= 11 is 0. The molecule has 0 aliphatic carbocycles. The molecule has 0 radical (unpaired) electrons. The summed E-state index contributed by atoms with van der Waals surface area (Å²) in [6.45, 7) is 4.13. The van der Waals surface area contributed by atoms with Crippen LogP contribution in [0.2, 0.25) is 0 Å². The first-order valence-electron chi connectivity index (χ1n) is 7.24. The van der Waals surface area contributed by atoms with Crippen molar-refractivity contribution in [1.29, 1.82) is 0 Å². The van der Waals surface area contributed by atoms with Gasteiger partial charge >= 0.3 is 0 Å². The Hall–Kier alpha value is -2.42. The van der Waals surface area contributed by atoms with E-state index in [1.807, 2.05) is 24.3 Å². The Morgan fingerprint density at radius 2 is 1.86 bits per heavy atom. The van der Waals surface area contributed by atoms with Gasteiger partial charge in [0.2, 0.25) is 0 Å². The van der Waals surface area contributed by atoms with Crippen LogP contribution in [0, 0.1) is 0 Å². The van der Waals surface area contributed by atoms with Crippen molar-refractivity contribution in [2.24, 2.45) is 0 Å². The lowest BCUT2D eigenvalue weighted by Crippen LogP contribution is -1.96. The maximum Gasteiger partial charge on any atom is 0.150 e. The quantitative estimate of drug-likeness (QED) is 0.732. The Kier molecular flexibility index (Phi) is 3.34. The lowest BCUT2D eigenvalue weighted by molar-refractivity contribution is 0.111. The number of hydrogen-bond donors (Lipinski definition) is 1. The molecule has 1 aromatic heterocycles. The number of nitrogens with one attached hydrogen (secondary N) is 1. The third-order valence-corrected chi connectivity index (χ3v) is 4.12. The first-order valence-corrected chi connectivity index (χ1v) is 7.24. The fourth-order valence-corrected chi connectivity index (χ4v) is 3.09. The fourth-order valence-electron chi connectivity index (χ4n) is 3.09. The molecular formula is C18H17NO2. The van der Waals surface area contributed by atoms with Gasteiger partial charge < -0.3 is 4.98 Å².